The maximum atomic E-state index is 11.9. The fourth-order valence-corrected chi connectivity index (χ4v) is 4.52. The van der Waals surface area contributed by atoms with Crippen molar-refractivity contribution in [1.82, 2.24) is 4.90 Å². The molecule has 0 atom stereocenters. The number of unbranched alkanes of at least 4 members (excludes halogenated alkanes) is 1. The largest absolute Gasteiger partial charge is 2.00 e. The number of likely N-dealkylation sites (tertiary alicyclic amines) is 1. The average Bonchev–Trinajstić information content (AvgIpc) is 3.69. The van der Waals surface area contributed by atoms with Gasteiger partial charge in [-0.15, -0.1) is 35.4 Å². The van der Waals surface area contributed by atoms with Crippen molar-refractivity contribution in [2.75, 3.05) is 6.54 Å². The predicted octanol–water partition coefficient (Wildman–Crippen LogP) is 6.21. The van der Waals surface area contributed by atoms with Gasteiger partial charge in [0.15, 0.2) is 0 Å². The molecule has 1 saturated heterocycles. The second-order valence-electron chi connectivity index (χ2n) is 8.98. The van der Waals surface area contributed by atoms with E-state index in [1.54, 1.807) is 24.3 Å². The van der Waals surface area contributed by atoms with Gasteiger partial charge in [0.2, 0.25) is 11.8 Å². The van der Waals surface area contributed by atoms with E-state index >= 15 is 0 Å². The second-order valence-corrected chi connectivity index (χ2v) is 8.98. The number of amides is 2. The SMILES string of the molecule is O=C1CCC(=O)N1CCCCC(=C1C=CC=C1)[C-](c1ccc(O)cc1)c1ccc(O)cc1.[Fe+2].c1cc[cH-]c1. The third-order valence-corrected chi connectivity index (χ3v) is 6.39. The van der Waals surface area contributed by atoms with Gasteiger partial charge in [-0.05, 0) is 43.5 Å². The monoisotopic (exact) mass is 549 g/mol. The Labute approximate surface area is 234 Å². The van der Waals surface area contributed by atoms with Gasteiger partial charge in [-0.2, -0.15) is 18.2 Å². The van der Waals surface area contributed by atoms with E-state index in [-0.39, 0.29) is 40.4 Å². The minimum absolute atomic E-state index is 0. The van der Waals surface area contributed by atoms with Crippen LogP contribution < -0.4 is 0 Å². The van der Waals surface area contributed by atoms with Gasteiger partial charge in [-0.3, -0.25) is 14.5 Å². The van der Waals surface area contributed by atoms with E-state index in [0.29, 0.717) is 19.4 Å². The Hall–Kier alpha value is -3.86. The van der Waals surface area contributed by atoms with Crippen molar-refractivity contribution in [3.8, 4) is 11.5 Å². The molecule has 0 spiro atoms. The number of carbonyl (C=O) groups excluding carboxylic acids is 2. The number of phenolic OH excluding ortho intramolecular Hbond substituents is 2. The summed E-state index contributed by atoms with van der Waals surface area (Å²) in [6, 6.07) is 24.2. The molecule has 38 heavy (non-hydrogen) atoms. The minimum Gasteiger partial charge on any atom is -0.509 e. The molecule has 5 nitrogen and oxygen atoms in total. The Morgan fingerprint density at radius 2 is 1.29 bits per heavy atom. The van der Waals surface area contributed by atoms with E-state index in [1.807, 2.05) is 66.7 Å². The molecule has 6 heteroatoms. The zero-order valence-corrected chi connectivity index (χ0v) is 22.2. The number of aromatic hydroxyl groups is 2. The molecule has 1 fully saturated rings. The van der Waals surface area contributed by atoms with Crippen LogP contribution in [0.5, 0.6) is 11.5 Å². The third-order valence-electron chi connectivity index (χ3n) is 6.39. The molecule has 2 aliphatic rings. The van der Waals surface area contributed by atoms with Gasteiger partial charge in [0, 0.05) is 19.4 Å². The predicted molar refractivity (Wildman–Crippen MR) is 145 cm³/mol. The summed E-state index contributed by atoms with van der Waals surface area (Å²) >= 11 is 0. The molecule has 1 heterocycles. The molecule has 196 valence electrons. The van der Waals surface area contributed by atoms with E-state index in [9.17, 15) is 19.8 Å². The van der Waals surface area contributed by atoms with Crippen LogP contribution in [0.3, 0.4) is 0 Å². The van der Waals surface area contributed by atoms with Crippen LogP contribution >= 0.6 is 0 Å². The standard InChI is InChI=1S/C27H26NO4.C5H5.Fe/c29-22-12-8-20(9-13-22)27(21-10-14-23(30)15-11-21)24(19-5-1-2-6-19)7-3-4-18-28-25(31)16-17-26(28)32;1-2-4-5-3-1;/h1-2,5-6,8-15,29-30H,3-4,7,16-18H2;1-5H;/q2*-1;+2. The van der Waals surface area contributed by atoms with Crippen molar-refractivity contribution in [2.24, 2.45) is 0 Å². The zero-order chi connectivity index (χ0) is 26.0. The van der Waals surface area contributed by atoms with Crippen molar-refractivity contribution in [3.05, 3.63) is 131 Å². The van der Waals surface area contributed by atoms with Gasteiger partial charge < -0.3 is 10.2 Å². The summed E-state index contributed by atoms with van der Waals surface area (Å²) in [5.74, 6) is 1.29. The van der Waals surface area contributed by atoms with E-state index < -0.39 is 0 Å². The Morgan fingerprint density at radius 1 is 0.789 bits per heavy atom. The molecule has 5 rings (SSSR count). The van der Waals surface area contributed by atoms with Crippen molar-refractivity contribution in [1.29, 1.82) is 0 Å². The summed E-state index contributed by atoms with van der Waals surface area (Å²) in [6.45, 7) is 0.458. The van der Waals surface area contributed by atoms with Crippen LogP contribution in [0.1, 0.15) is 43.2 Å². The topological polar surface area (TPSA) is 77.8 Å². The number of rotatable bonds is 8. The fourth-order valence-electron chi connectivity index (χ4n) is 4.52. The summed E-state index contributed by atoms with van der Waals surface area (Å²) in [5.41, 5.74) is 4.18. The third kappa shape index (κ3) is 7.58. The van der Waals surface area contributed by atoms with E-state index in [1.165, 1.54) is 4.90 Å². The zero-order valence-electron chi connectivity index (χ0n) is 21.1. The first-order chi connectivity index (χ1) is 18.0. The quantitative estimate of drug-likeness (QED) is 0.152. The minimum atomic E-state index is -0.0734. The van der Waals surface area contributed by atoms with Gasteiger partial charge in [-0.1, -0.05) is 41.4 Å². The van der Waals surface area contributed by atoms with Gasteiger partial charge in [-0.25, -0.2) is 12.1 Å². The van der Waals surface area contributed by atoms with Crippen LogP contribution in [0, 0.1) is 5.92 Å². The normalized spacial score (nSPS) is 13.8. The number of phenols is 2. The Morgan fingerprint density at radius 3 is 1.74 bits per heavy atom. The van der Waals surface area contributed by atoms with Crippen LogP contribution in [0.15, 0.2) is 114 Å². The molecule has 3 aromatic rings. The van der Waals surface area contributed by atoms with E-state index in [0.717, 1.165) is 47.5 Å². The molecule has 0 aromatic heterocycles. The number of benzene rings is 2. The number of allylic oxidation sites excluding steroid dienone is 6. The molecule has 1 aliphatic carbocycles. The molecule has 2 amide bonds. The Balaban J connectivity index is 0.000000598. The van der Waals surface area contributed by atoms with E-state index in [2.05, 4.69) is 12.2 Å². The van der Waals surface area contributed by atoms with Crippen molar-refractivity contribution in [3.63, 3.8) is 0 Å². The first kappa shape index (κ1) is 28.7. The van der Waals surface area contributed by atoms with Crippen LogP contribution in [-0.2, 0) is 26.7 Å². The second kappa shape index (κ2) is 14.2. The van der Waals surface area contributed by atoms with Gasteiger partial charge in [0.1, 0.15) is 11.5 Å². The van der Waals surface area contributed by atoms with Gasteiger partial charge >= 0.3 is 17.1 Å². The average molecular weight is 549 g/mol. The van der Waals surface area contributed by atoms with Crippen molar-refractivity contribution >= 4 is 11.8 Å². The van der Waals surface area contributed by atoms with Crippen LogP contribution in [0.25, 0.3) is 0 Å². The molecular formula is C32H31FeNO4. The number of carbonyl (C=O) groups is 2. The molecule has 0 bridgehead atoms. The first-order valence-electron chi connectivity index (χ1n) is 12.6. The number of hydrogen-bond acceptors (Lipinski definition) is 4. The van der Waals surface area contributed by atoms with Gasteiger partial charge in [0.25, 0.3) is 0 Å². The molecule has 2 N–H and O–H groups in total. The van der Waals surface area contributed by atoms with Crippen LogP contribution in [-0.4, -0.2) is 33.5 Å². The molecule has 0 radical (unpaired) electrons. The van der Waals surface area contributed by atoms with Crippen molar-refractivity contribution in [2.45, 2.75) is 32.1 Å². The summed E-state index contributed by atoms with van der Waals surface area (Å²) in [4.78, 5) is 25.2. The summed E-state index contributed by atoms with van der Waals surface area (Å²) < 4.78 is 0. The molecule has 1 aliphatic heterocycles. The molecule has 3 aromatic carbocycles. The van der Waals surface area contributed by atoms with Crippen LogP contribution in [0.4, 0.5) is 0 Å². The van der Waals surface area contributed by atoms with Crippen molar-refractivity contribution < 1.29 is 36.9 Å². The number of hydrogen-bond donors (Lipinski definition) is 2. The summed E-state index contributed by atoms with van der Waals surface area (Å²) in [6.07, 6.45) is 11.1. The number of imide groups is 1. The molecule has 0 saturated carbocycles. The first-order valence-corrected chi connectivity index (χ1v) is 12.6. The molecular weight excluding hydrogens is 518 g/mol. The molecule has 0 unspecified atom stereocenters. The maximum absolute atomic E-state index is 11.9. The Bertz CT molecular complexity index is 1180. The number of nitrogens with zero attached hydrogens (tertiary/aromatic N) is 1. The maximum Gasteiger partial charge on any atom is 2.00 e. The summed E-state index contributed by atoms with van der Waals surface area (Å²) in [7, 11) is 0. The van der Waals surface area contributed by atoms with E-state index in [4.69, 9.17) is 0 Å². The fraction of sp³-hybridized carbons (Fsp3) is 0.188. The smallest absolute Gasteiger partial charge is 0.509 e. The van der Waals surface area contributed by atoms with Gasteiger partial charge in [0.05, 0.1) is 0 Å². The Kier molecular flexibility index (Phi) is 10.7. The van der Waals surface area contributed by atoms with Crippen LogP contribution in [0.2, 0.25) is 0 Å². The summed E-state index contributed by atoms with van der Waals surface area (Å²) in [5, 5.41) is 19.6.